The topological polar surface area (TPSA) is 132 Å². The van der Waals surface area contributed by atoms with Crippen LogP contribution in [-0.2, 0) is 14.8 Å². The first kappa shape index (κ1) is 22.9. The van der Waals surface area contributed by atoms with Crippen LogP contribution in [0.15, 0.2) is 83.5 Å². The number of rotatable bonds is 6. The summed E-state index contributed by atoms with van der Waals surface area (Å²) in [4.78, 5) is 23.6. The van der Waals surface area contributed by atoms with Gasteiger partial charge in [-0.3, -0.25) is 9.59 Å². The Balaban J connectivity index is 1.83. The van der Waals surface area contributed by atoms with E-state index in [1.165, 1.54) is 37.3 Å². The second kappa shape index (κ2) is 9.13. The predicted octanol–water partition coefficient (Wildman–Crippen LogP) is 3.44. The largest absolute Gasteiger partial charge is 0.366 e. The Morgan fingerprint density at radius 1 is 0.906 bits per heavy atom. The van der Waals surface area contributed by atoms with Crippen molar-refractivity contribution in [2.45, 2.75) is 11.8 Å². The summed E-state index contributed by atoms with van der Waals surface area (Å²) in [6.45, 7) is 1.42. The monoisotopic (exact) mass is 453 g/mol. The molecule has 0 atom stereocenters. The molecule has 2 amide bonds. The van der Waals surface area contributed by atoms with Crippen molar-refractivity contribution in [2.24, 2.45) is 10.9 Å². The summed E-state index contributed by atoms with van der Waals surface area (Å²) in [7, 11) is -3.92. The zero-order chi connectivity index (χ0) is 23.5. The normalized spacial score (nSPS) is 12.1. The third-order valence-corrected chi connectivity index (χ3v) is 5.73. The quantitative estimate of drug-likeness (QED) is 0.493. The van der Waals surface area contributed by atoms with Gasteiger partial charge in [-0.05, 0) is 54.0 Å². The van der Waals surface area contributed by atoms with E-state index in [0.717, 1.165) is 0 Å². The molecule has 0 bridgehead atoms. The first-order valence-corrected chi connectivity index (χ1v) is 10.9. The zero-order valence-electron chi connectivity index (χ0n) is 17.0. The summed E-state index contributed by atoms with van der Waals surface area (Å²) in [5, 5.41) is 7.72. The highest BCUT2D eigenvalue weighted by molar-refractivity contribution is 7.89. The van der Waals surface area contributed by atoms with Gasteiger partial charge in [-0.1, -0.05) is 42.5 Å². The van der Waals surface area contributed by atoms with E-state index in [4.69, 9.17) is 10.9 Å². The average molecular weight is 453 g/mol. The summed E-state index contributed by atoms with van der Waals surface area (Å²) in [6, 6.07) is 18.5. The van der Waals surface area contributed by atoms with Crippen LogP contribution in [0.5, 0.6) is 0 Å². The van der Waals surface area contributed by atoms with Gasteiger partial charge in [-0.15, -0.1) is 0 Å². The third-order valence-electron chi connectivity index (χ3n) is 4.76. The Hall–Kier alpha value is -3.82. The number of nitrogens with two attached hydrogens (primary N) is 2. The molecule has 9 heteroatoms. The van der Waals surface area contributed by atoms with Gasteiger partial charge in [0.1, 0.15) is 0 Å². The van der Waals surface area contributed by atoms with Crippen molar-refractivity contribution in [1.82, 2.24) is 0 Å². The molecule has 0 aliphatic heterocycles. The maximum absolute atomic E-state index is 14.7. The lowest BCUT2D eigenvalue weighted by Crippen LogP contribution is -2.14. The van der Waals surface area contributed by atoms with Crippen LogP contribution in [0.4, 0.5) is 10.1 Å². The second-order valence-corrected chi connectivity index (χ2v) is 8.49. The van der Waals surface area contributed by atoms with Crippen LogP contribution < -0.4 is 16.2 Å². The van der Waals surface area contributed by atoms with Gasteiger partial charge in [0.2, 0.25) is 15.9 Å². The molecular weight excluding hydrogens is 433 g/mol. The van der Waals surface area contributed by atoms with E-state index in [1.807, 2.05) is 0 Å². The second-order valence-electron chi connectivity index (χ2n) is 6.96. The number of benzene rings is 3. The summed E-state index contributed by atoms with van der Waals surface area (Å²) < 4.78 is 38.3. The van der Waals surface area contributed by atoms with Crippen LogP contribution in [-0.4, -0.2) is 20.2 Å². The molecule has 0 spiro atoms. The van der Waals surface area contributed by atoms with E-state index in [1.54, 1.807) is 42.5 Å². The van der Waals surface area contributed by atoms with Crippen molar-refractivity contribution in [3.05, 3.63) is 89.8 Å². The fourth-order valence-corrected chi connectivity index (χ4v) is 3.84. The molecule has 0 aliphatic carbocycles. The Morgan fingerprint density at radius 3 is 2.16 bits per heavy atom. The fraction of sp³-hybridized carbons (Fsp3) is 0.0435. The first-order chi connectivity index (χ1) is 15.1. The van der Waals surface area contributed by atoms with E-state index in [2.05, 4.69) is 5.32 Å². The van der Waals surface area contributed by atoms with Gasteiger partial charge in [-0.2, -0.15) is 0 Å². The minimum absolute atomic E-state index is 0.0282. The number of primary sulfonamides is 1. The number of hydrogen-bond acceptors (Lipinski definition) is 4. The van der Waals surface area contributed by atoms with Crippen LogP contribution in [0.3, 0.4) is 0 Å². The molecule has 3 aromatic rings. The molecule has 0 saturated heterocycles. The summed E-state index contributed by atoms with van der Waals surface area (Å²) in [5.41, 5.74) is 7.11. The number of carbonyl (C=O) groups is 2. The summed E-state index contributed by atoms with van der Waals surface area (Å²) >= 11 is 0. The van der Waals surface area contributed by atoms with Crippen molar-refractivity contribution in [3.8, 4) is 11.1 Å². The van der Waals surface area contributed by atoms with Crippen molar-refractivity contribution in [3.63, 3.8) is 0 Å². The standard InChI is InChI=1S/C23H20FN3O4S/c1-14(16-5-4-6-17(13-16)22(25)28)21(24)23(29)27-18-11-9-15(10-12-18)19-7-2-3-8-20(19)32(26,30)31/h2-13H,1H3,(H2,25,28)(H,27,29)(H2,26,30,31). The smallest absolute Gasteiger partial charge is 0.284 e. The van der Waals surface area contributed by atoms with Crippen LogP contribution in [0.2, 0.25) is 0 Å². The van der Waals surface area contributed by atoms with Gasteiger partial charge in [0, 0.05) is 16.8 Å². The van der Waals surface area contributed by atoms with Crippen molar-refractivity contribution in [1.29, 1.82) is 0 Å². The average Bonchev–Trinajstić information content (AvgIpc) is 2.78. The van der Waals surface area contributed by atoms with Crippen molar-refractivity contribution < 1.29 is 22.4 Å². The van der Waals surface area contributed by atoms with E-state index in [-0.39, 0.29) is 16.0 Å². The molecule has 0 unspecified atom stereocenters. The number of amides is 2. The Bertz CT molecular complexity index is 1330. The highest BCUT2D eigenvalue weighted by Crippen LogP contribution is 2.28. The molecular formula is C23H20FN3O4S. The lowest BCUT2D eigenvalue weighted by atomic mass is 10.0. The van der Waals surface area contributed by atoms with Crippen LogP contribution >= 0.6 is 0 Å². The number of hydrogen-bond donors (Lipinski definition) is 3. The van der Waals surface area contributed by atoms with Crippen LogP contribution in [0, 0.1) is 0 Å². The Labute approximate surface area is 184 Å². The molecule has 3 rings (SSSR count). The Morgan fingerprint density at radius 2 is 1.53 bits per heavy atom. The lowest BCUT2D eigenvalue weighted by Gasteiger charge is -2.10. The van der Waals surface area contributed by atoms with E-state index in [0.29, 0.717) is 22.4 Å². The number of sulfonamides is 1. The van der Waals surface area contributed by atoms with E-state index < -0.39 is 27.7 Å². The maximum Gasteiger partial charge on any atom is 0.284 e. The molecule has 0 heterocycles. The molecule has 3 aromatic carbocycles. The van der Waals surface area contributed by atoms with Gasteiger partial charge >= 0.3 is 0 Å². The van der Waals surface area contributed by atoms with E-state index >= 15 is 0 Å². The number of nitrogens with one attached hydrogen (secondary N) is 1. The number of carbonyl (C=O) groups excluding carboxylic acids is 2. The van der Waals surface area contributed by atoms with Crippen molar-refractivity contribution >= 4 is 33.1 Å². The molecule has 0 aliphatic rings. The van der Waals surface area contributed by atoms with E-state index in [9.17, 15) is 22.4 Å². The molecule has 5 N–H and O–H groups in total. The maximum atomic E-state index is 14.7. The fourth-order valence-electron chi connectivity index (χ4n) is 3.08. The predicted molar refractivity (Wildman–Crippen MR) is 121 cm³/mol. The van der Waals surface area contributed by atoms with Gasteiger partial charge in [0.25, 0.3) is 5.91 Å². The minimum Gasteiger partial charge on any atom is -0.366 e. The molecule has 0 saturated carbocycles. The molecule has 0 radical (unpaired) electrons. The first-order valence-electron chi connectivity index (χ1n) is 9.38. The molecule has 0 aromatic heterocycles. The number of halogens is 1. The highest BCUT2D eigenvalue weighted by atomic mass is 32.2. The minimum atomic E-state index is -3.92. The van der Waals surface area contributed by atoms with Gasteiger partial charge in [0.15, 0.2) is 5.83 Å². The van der Waals surface area contributed by atoms with Crippen LogP contribution in [0.1, 0.15) is 22.8 Å². The molecule has 7 nitrogen and oxygen atoms in total. The Kier molecular flexibility index (Phi) is 6.52. The number of primary amides is 1. The SMILES string of the molecule is CC(=C(F)C(=O)Nc1ccc(-c2ccccc2S(N)(=O)=O)cc1)c1cccc(C(N)=O)c1. The number of anilines is 1. The molecule has 32 heavy (non-hydrogen) atoms. The molecule has 0 fully saturated rings. The van der Waals surface area contributed by atoms with Gasteiger partial charge < -0.3 is 11.1 Å². The van der Waals surface area contributed by atoms with Crippen LogP contribution in [0.25, 0.3) is 16.7 Å². The van der Waals surface area contributed by atoms with Gasteiger partial charge in [-0.25, -0.2) is 17.9 Å². The summed E-state index contributed by atoms with van der Waals surface area (Å²) in [5.74, 6) is -2.64. The number of allylic oxidation sites excluding steroid dienone is 1. The molecule has 164 valence electrons. The van der Waals surface area contributed by atoms with Gasteiger partial charge in [0.05, 0.1) is 4.90 Å². The lowest BCUT2D eigenvalue weighted by molar-refractivity contribution is -0.114. The highest BCUT2D eigenvalue weighted by Gasteiger charge is 2.17. The third kappa shape index (κ3) is 5.08. The zero-order valence-corrected chi connectivity index (χ0v) is 17.8. The van der Waals surface area contributed by atoms with Crippen molar-refractivity contribution in [2.75, 3.05) is 5.32 Å². The summed E-state index contributed by atoms with van der Waals surface area (Å²) in [6.07, 6.45) is 0.